The van der Waals surface area contributed by atoms with Gasteiger partial charge >= 0.3 is 0 Å². The molecule has 2 aromatic rings. The normalized spacial score (nSPS) is 9.93. The second-order valence-corrected chi connectivity index (χ2v) is 4.58. The van der Waals surface area contributed by atoms with Crippen LogP contribution in [-0.4, -0.2) is 5.91 Å². The number of anilines is 1. The van der Waals surface area contributed by atoms with E-state index in [-0.39, 0.29) is 5.91 Å². The van der Waals surface area contributed by atoms with Gasteiger partial charge < -0.3 is 5.32 Å². The van der Waals surface area contributed by atoms with E-state index in [2.05, 4.69) is 21.2 Å². The summed E-state index contributed by atoms with van der Waals surface area (Å²) in [6.07, 6.45) is 0. The van der Waals surface area contributed by atoms with Crippen molar-refractivity contribution in [3.63, 3.8) is 0 Å². The summed E-state index contributed by atoms with van der Waals surface area (Å²) in [4.78, 5) is 11.7. The highest BCUT2D eigenvalue weighted by Crippen LogP contribution is 2.22. The first-order valence-electron chi connectivity index (χ1n) is 4.35. The van der Waals surface area contributed by atoms with Crippen LogP contribution >= 0.6 is 27.3 Å². The number of carbonyl (C=O) groups excluding carboxylic acids is 1. The molecule has 0 bridgehead atoms. The van der Waals surface area contributed by atoms with Crippen LogP contribution in [0.25, 0.3) is 0 Å². The van der Waals surface area contributed by atoms with Gasteiger partial charge in [0.2, 0.25) is 0 Å². The fraction of sp³-hybridized carbons (Fsp3) is 0. The van der Waals surface area contributed by atoms with E-state index in [1.165, 1.54) is 11.3 Å². The van der Waals surface area contributed by atoms with Gasteiger partial charge in [-0.3, -0.25) is 4.79 Å². The zero-order valence-corrected chi connectivity index (χ0v) is 10.1. The van der Waals surface area contributed by atoms with Crippen LogP contribution in [0.15, 0.2) is 45.6 Å². The van der Waals surface area contributed by atoms with Crippen molar-refractivity contribution in [2.75, 3.05) is 5.32 Å². The van der Waals surface area contributed by atoms with Gasteiger partial charge in [-0.25, -0.2) is 0 Å². The molecule has 0 atom stereocenters. The van der Waals surface area contributed by atoms with Crippen LogP contribution in [0.4, 0.5) is 5.69 Å². The van der Waals surface area contributed by atoms with E-state index < -0.39 is 0 Å². The molecule has 0 saturated carbocycles. The summed E-state index contributed by atoms with van der Waals surface area (Å²) < 4.78 is 0.883. The highest BCUT2D eigenvalue weighted by atomic mass is 79.9. The number of nitrogens with one attached hydrogen (secondary N) is 1. The molecule has 2 nitrogen and oxygen atoms in total. The number of hydrogen-bond acceptors (Lipinski definition) is 2. The number of carbonyl (C=O) groups is 1. The van der Waals surface area contributed by atoms with E-state index in [0.29, 0.717) is 5.56 Å². The Labute approximate surface area is 100 Å². The molecule has 1 amide bonds. The third kappa shape index (κ3) is 2.46. The van der Waals surface area contributed by atoms with Crippen LogP contribution in [0.3, 0.4) is 0 Å². The van der Waals surface area contributed by atoms with Crippen molar-refractivity contribution in [1.82, 2.24) is 0 Å². The first-order valence-corrected chi connectivity index (χ1v) is 6.09. The van der Waals surface area contributed by atoms with E-state index in [4.69, 9.17) is 0 Å². The van der Waals surface area contributed by atoms with E-state index in [0.717, 1.165) is 10.2 Å². The van der Waals surface area contributed by atoms with E-state index >= 15 is 0 Å². The Balaban J connectivity index is 2.17. The molecule has 0 aliphatic heterocycles. The maximum absolute atomic E-state index is 11.7. The number of para-hydroxylation sites is 1. The summed E-state index contributed by atoms with van der Waals surface area (Å²) in [5.74, 6) is -0.0804. The molecule has 1 aromatic heterocycles. The largest absolute Gasteiger partial charge is 0.321 e. The molecule has 15 heavy (non-hydrogen) atoms. The van der Waals surface area contributed by atoms with Gasteiger partial charge in [0.1, 0.15) is 0 Å². The Bertz CT molecular complexity index is 467. The number of rotatable bonds is 2. The smallest absolute Gasteiger partial charge is 0.256 e. The van der Waals surface area contributed by atoms with Crippen LogP contribution in [-0.2, 0) is 0 Å². The van der Waals surface area contributed by atoms with Gasteiger partial charge in [0.15, 0.2) is 0 Å². The summed E-state index contributed by atoms with van der Waals surface area (Å²) in [6, 6.07) is 9.34. The lowest BCUT2D eigenvalue weighted by molar-refractivity contribution is 0.102. The summed E-state index contributed by atoms with van der Waals surface area (Å²) in [6.45, 7) is 0. The fourth-order valence-electron chi connectivity index (χ4n) is 1.15. The van der Waals surface area contributed by atoms with Gasteiger partial charge in [0, 0.05) is 9.85 Å². The average molecular weight is 282 g/mol. The minimum Gasteiger partial charge on any atom is -0.321 e. The molecule has 0 unspecified atom stereocenters. The Hall–Kier alpha value is -1.13. The van der Waals surface area contributed by atoms with Gasteiger partial charge in [-0.05, 0) is 39.5 Å². The van der Waals surface area contributed by atoms with Crippen LogP contribution in [0.1, 0.15) is 10.4 Å². The molecule has 4 heteroatoms. The van der Waals surface area contributed by atoms with Gasteiger partial charge in [-0.15, -0.1) is 0 Å². The second-order valence-electron chi connectivity index (χ2n) is 2.95. The lowest BCUT2D eigenvalue weighted by atomic mass is 10.3. The third-order valence-corrected chi connectivity index (χ3v) is 3.28. The Morgan fingerprint density at radius 2 is 2.07 bits per heavy atom. The Kier molecular flexibility index (Phi) is 3.18. The highest BCUT2D eigenvalue weighted by Gasteiger charge is 2.07. The van der Waals surface area contributed by atoms with Crippen molar-refractivity contribution in [3.05, 3.63) is 51.1 Å². The third-order valence-electron chi connectivity index (χ3n) is 1.91. The standard InChI is InChI=1S/C11H8BrNOS/c12-9-3-1-2-4-10(9)13-11(14)8-5-6-15-7-8/h1-7H,(H,13,14). The second kappa shape index (κ2) is 4.59. The molecule has 0 saturated heterocycles. The van der Waals surface area contributed by atoms with Crippen molar-refractivity contribution < 1.29 is 4.79 Å². The predicted octanol–water partition coefficient (Wildman–Crippen LogP) is 3.76. The number of amides is 1. The molecule has 1 aromatic carbocycles. The minimum absolute atomic E-state index is 0.0804. The molecule has 1 heterocycles. The average Bonchev–Trinajstić information content (AvgIpc) is 2.74. The Morgan fingerprint density at radius 1 is 1.27 bits per heavy atom. The van der Waals surface area contributed by atoms with Gasteiger partial charge in [0.05, 0.1) is 11.3 Å². The van der Waals surface area contributed by atoms with Gasteiger partial charge in [0.25, 0.3) is 5.91 Å². The molecule has 76 valence electrons. The van der Waals surface area contributed by atoms with Crippen LogP contribution in [0, 0.1) is 0 Å². The summed E-state index contributed by atoms with van der Waals surface area (Å²) in [7, 11) is 0. The lowest BCUT2D eigenvalue weighted by Gasteiger charge is -2.05. The first kappa shape index (κ1) is 10.4. The SMILES string of the molecule is O=C(Nc1ccccc1Br)c1ccsc1. The van der Waals surface area contributed by atoms with E-state index in [1.807, 2.05) is 35.0 Å². The minimum atomic E-state index is -0.0804. The maximum atomic E-state index is 11.7. The van der Waals surface area contributed by atoms with E-state index in [9.17, 15) is 4.79 Å². The van der Waals surface area contributed by atoms with Gasteiger partial charge in [-0.2, -0.15) is 11.3 Å². The van der Waals surface area contributed by atoms with Crippen LogP contribution in [0.2, 0.25) is 0 Å². The molecule has 0 radical (unpaired) electrons. The molecular formula is C11H8BrNOS. The van der Waals surface area contributed by atoms with E-state index in [1.54, 1.807) is 6.07 Å². The molecule has 0 aliphatic carbocycles. The quantitative estimate of drug-likeness (QED) is 0.892. The molecule has 0 spiro atoms. The summed E-state index contributed by atoms with van der Waals surface area (Å²) in [5, 5.41) is 6.54. The first-order chi connectivity index (χ1) is 7.27. The summed E-state index contributed by atoms with van der Waals surface area (Å²) >= 11 is 4.89. The molecule has 0 fully saturated rings. The molecule has 2 rings (SSSR count). The highest BCUT2D eigenvalue weighted by molar-refractivity contribution is 9.10. The summed E-state index contributed by atoms with van der Waals surface area (Å²) in [5.41, 5.74) is 1.48. The number of hydrogen-bond donors (Lipinski definition) is 1. The van der Waals surface area contributed by atoms with Crippen LogP contribution < -0.4 is 5.32 Å². The predicted molar refractivity (Wildman–Crippen MR) is 66.4 cm³/mol. The van der Waals surface area contributed by atoms with Crippen molar-refractivity contribution >= 4 is 38.9 Å². The molecule has 0 aliphatic rings. The van der Waals surface area contributed by atoms with Crippen molar-refractivity contribution in [2.24, 2.45) is 0 Å². The van der Waals surface area contributed by atoms with Crippen molar-refractivity contribution in [3.8, 4) is 0 Å². The number of benzene rings is 1. The molecule has 1 N–H and O–H groups in total. The zero-order chi connectivity index (χ0) is 10.7. The zero-order valence-electron chi connectivity index (χ0n) is 7.74. The van der Waals surface area contributed by atoms with Crippen molar-refractivity contribution in [2.45, 2.75) is 0 Å². The topological polar surface area (TPSA) is 29.1 Å². The monoisotopic (exact) mass is 281 g/mol. The number of halogens is 1. The fourth-order valence-corrected chi connectivity index (χ4v) is 2.17. The maximum Gasteiger partial charge on any atom is 0.256 e. The Morgan fingerprint density at radius 3 is 2.73 bits per heavy atom. The molecular weight excluding hydrogens is 274 g/mol. The van der Waals surface area contributed by atoms with Crippen molar-refractivity contribution in [1.29, 1.82) is 0 Å². The van der Waals surface area contributed by atoms with Crippen LogP contribution in [0.5, 0.6) is 0 Å². The lowest BCUT2D eigenvalue weighted by Crippen LogP contribution is -2.10. The van der Waals surface area contributed by atoms with Gasteiger partial charge in [-0.1, -0.05) is 12.1 Å². The number of thiophene rings is 1.